The lowest BCUT2D eigenvalue weighted by atomic mass is 10.1. The predicted octanol–water partition coefficient (Wildman–Crippen LogP) is 3.54. The molecule has 1 aromatic rings. The number of esters is 1. The van der Waals surface area contributed by atoms with Gasteiger partial charge in [0.2, 0.25) is 6.41 Å². The fourth-order valence-electron chi connectivity index (χ4n) is 1.95. The number of halogens is 2. The molecule has 2 rings (SSSR count). The number of nitrogens with two attached hydrogens (primary N) is 1. The lowest BCUT2D eigenvalue weighted by Crippen LogP contribution is -2.35. The Balaban J connectivity index is 0.000000451. The number of thiocarbonyl (C=S) groups is 1. The maximum atomic E-state index is 11.3. The Morgan fingerprint density at radius 3 is 2.48 bits per heavy atom. The first kappa shape index (κ1) is 23.4. The largest absolute Gasteiger partial charge is 0.463 e. The molecule has 0 aliphatic carbocycles. The number of amides is 1. The SMILES string of the molecule is C=S.CCOC(=O)C1=C(N)CN(C=O)CC1.Cc1ccc(Cl)c(Cl)c1. The van der Waals surface area contributed by atoms with Crippen molar-refractivity contribution in [1.82, 2.24) is 4.90 Å². The van der Waals surface area contributed by atoms with E-state index < -0.39 is 0 Å². The number of carbonyl (C=O) groups excluding carboxylic acids is 2. The Morgan fingerprint density at radius 2 is 2.04 bits per heavy atom. The summed E-state index contributed by atoms with van der Waals surface area (Å²) in [6, 6.07) is 5.55. The van der Waals surface area contributed by atoms with Gasteiger partial charge in [-0.15, -0.1) is 0 Å². The fraction of sp³-hybridized carbons (Fsp3) is 0.353. The number of ether oxygens (including phenoxy) is 1. The second-order valence-corrected chi connectivity index (χ2v) is 5.78. The molecule has 1 amide bonds. The molecule has 1 aliphatic heterocycles. The zero-order valence-electron chi connectivity index (χ0n) is 14.3. The number of aryl methyl sites for hydroxylation is 1. The molecule has 1 aliphatic rings. The van der Waals surface area contributed by atoms with E-state index in [1.54, 1.807) is 13.0 Å². The summed E-state index contributed by atoms with van der Waals surface area (Å²) in [6.45, 7) is 4.90. The monoisotopic (exact) mass is 404 g/mol. The normalized spacial score (nSPS) is 13.0. The molecule has 0 spiro atoms. The Morgan fingerprint density at radius 1 is 1.40 bits per heavy atom. The Bertz CT molecular complexity index is 624. The van der Waals surface area contributed by atoms with E-state index in [9.17, 15) is 9.59 Å². The van der Waals surface area contributed by atoms with Crippen LogP contribution in [0, 0.1) is 6.92 Å². The molecule has 0 unspecified atom stereocenters. The summed E-state index contributed by atoms with van der Waals surface area (Å²) in [7, 11) is 0. The number of carbonyl (C=O) groups is 2. The van der Waals surface area contributed by atoms with Gasteiger partial charge in [0, 0.05) is 12.2 Å². The van der Waals surface area contributed by atoms with Gasteiger partial charge in [-0.3, -0.25) is 4.79 Å². The molecule has 0 atom stereocenters. The van der Waals surface area contributed by atoms with E-state index in [2.05, 4.69) is 18.1 Å². The van der Waals surface area contributed by atoms with Crippen molar-refractivity contribution in [2.75, 3.05) is 19.7 Å². The topological polar surface area (TPSA) is 72.6 Å². The molecule has 2 N–H and O–H groups in total. The van der Waals surface area contributed by atoms with Crippen LogP contribution in [0.15, 0.2) is 29.5 Å². The average Bonchev–Trinajstić information content (AvgIpc) is 2.60. The third-order valence-corrected chi connectivity index (χ3v) is 3.90. The van der Waals surface area contributed by atoms with Gasteiger partial charge in [-0.2, -0.15) is 0 Å². The molecule has 0 fully saturated rings. The molecule has 1 heterocycles. The quantitative estimate of drug-likeness (QED) is 0.473. The van der Waals surface area contributed by atoms with Crippen LogP contribution in [0.3, 0.4) is 0 Å². The molecule has 0 bridgehead atoms. The van der Waals surface area contributed by atoms with E-state index in [1.165, 1.54) is 4.90 Å². The van der Waals surface area contributed by atoms with Crippen molar-refractivity contribution in [2.45, 2.75) is 20.3 Å². The highest BCUT2D eigenvalue weighted by atomic mass is 35.5. The first-order valence-electron chi connectivity index (χ1n) is 7.43. The van der Waals surface area contributed by atoms with Crippen molar-refractivity contribution in [1.29, 1.82) is 0 Å². The predicted molar refractivity (Wildman–Crippen MR) is 106 cm³/mol. The zero-order chi connectivity index (χ0) is 19.4. The van der Waals surface area contributed by atoms with Gasteiger partial charge in [-0.05, 0) is 43.8 Å². The van der Waals surface area contributed by atoms with Gasteiger partial charge >= 0.3 is 5.97 Å². The van der Waals surface area contributed by atoms with Crippen molar-refractivity contribution >= 4 is 53.7 Å². The van der Waals surface area contributed by atoms with Crippen molar-refractivity contribution in [3.05, 3.63) is 45.1 Å². The maximum Gasteiger partial charge on any atom is 0.335 e. The van der Waals surface area contributed by atoms with Gasteiger partial charge in [0.25, 0.3) is 0 Å². The lowest BCUT2D eigenvalue weighted by molar-refractivity contribution is -0.139. The van der Waals surface area contributed by atoms with Crippen molar-refractivity contribution in [3.8, 4) is 0 Å². The third-order valence-electron chi connectivity index (χ3n) is 3.16. The van der Waals surface area contributed by atoms with Crippen molar-refractivity contribution in [2.24, 2.45) is 5.73 Å². The van der Waals surface area contributed by atoms with Crippen LogP contribution in [0.25, 0.3) is 0 Å². The average molecular weight is 405 g/mol. The standard InChI is InChI=1S/C9H14N2O3.C7H6Cl2.CH2S/c1-2-14-9(13)7-3-4-11(6-12)5-8(7)10;1-5-2-3-6(8)7(9)4-5;1-2/h6H,2-5,10H2,1H3;2-4H,1H3;1H2. The van der Waals surface area contributed by atoms with E-state index in [0.29, 0.717) is 47.4 Å². The minimum Gasteiger partial charge on any atom is -0.463 e. The highest BCUT2D eigenvalue weighted by molar-refractivity contribution is 7.77. The Labute approximate surface area is 163 Å². The Hall–Kier alpha value is -1.63. The van der Waals surface area contributed by atoms with Gasteiger partial charge < -0.3 is 15.4 Å². The van der Waals surface area contributed by atoms with Crippen LogP contribution in [0.2, 0.25) is 10.0 Å². The molecule has 0 aromatic heterocycles. The number of rotatable bonds is 3. The summed E-state index contributed by atoms with van der Waals surface area (Å²) >= 11 is 15.2. The second kappa shape index (κ2) is 12.7. The molecule has 1 aromatic carbocycles. The van der Waals surface area contributed by atoms with Crippen LogP contribution in [-0.4, -0.2) is 42.8 Å². The van der Waals surface area contributed by atoms with Crippen LogP contribution >= 0.6 is 35.4 Å². The van der Waals surface area contributed by atoms with Gasteiger partial charge in [0.15, 0.2) is 0 Å². The minimum atomic E-state index is -0.365. The molecule has 8 heteroatoms. The van der Waals surface area contributed by atoms with Crippen LogP contribution in [0.4, 0.5) is 0 Å². The summed E-state index contributed by atoms with van der Waals surface area (Å²) in [4.78, 5) is 23.3. The first-order valence-corrected chi connectivity index (χ1v) is 8.76. The number of nitrogens with zero attached hydrogens (tertiary/aromatic N) is 1. The zero-order valence-corrected chi connectivity index (χ0v) is 16.6. The summed E-state index contributed by atoms with van der Waals surface area (Å²) < 4.78 is 4.84. The summed E-state index contributed by atoms with van der Waals surface area (Å²) in [5, 5.41) is 1.24. The van der Waals surface area contributed by atoms with Crippen LogP contribution < -0.4 is 5.73 Å². The molecular formula is C17H22Cl2N2O3S. The molecule has 0 radical (unpaired) electrons. The highest BCUT2D eigenvalue weighted by Crippen LogP contribution is 2.21. The van der Waals surface area contributed by atoms with Crippen LogP contribution in [0.1, 0.15) is 18.9 Å². The Kier molecular flexibility index (Phi) is 11.9. The maximum absolute atomic E-state index is 11.3. The molecule has 0 saturated carbocycles. The highest BCUT2D eigenvalue weighted by Gasteiger charge is 2.21. The van der Waals surface area contributed by atoms with Crippen molar-refractivity contribution in [3.63, 3.8) is 0 Å². The lowest BCUT2D eigenvalue weighted by Gasteiger charge is -2.24. The molecule has 25 heavy (non-hydrogen) atoms. The van der Waals surface area contributed by atoms with Crippen molar-refractivity contribution < 1.29 is 14.3 Å². The van der Waals surface area contributed by atoms with E-state index in [4.69, 9.17) is 33.7 Å². The number of hydrogen-bond acceptors (Lipinski definition) is 5. The van der Waals surface area contributed by atoms with E-state index >= 15 is 0 Å². The minimum absolute atomic E-state index is 0.317. The summed E-state index contributed by atoms with van der Waals surface area (Å²) in [6.07, 6.45) is 1.21. The van der Waals surface area contributed by atoms with E-state index in [1.807, 2.05) is 19.1 Å². The van der Waals surface area contributed by atoms with E-state index in [0.717, 1.165) is 12.0 Å². The second-order valence-electron chi connectivity index (χ2n) is 4.97. The smallest absolute Gasteiger partial charge is 0.335 e. The number of benzene rings is 1. The fourth-order valence-corrected chi connectivity index (χ4v) is 2.30. The van der Waals surface area contributed by atoms with Gasteiger partial charge in [-0.1, -0.05) is 41.5 Å². The van der Waals surface area contributed by atoms with Crippen LogP contribution in [-0.2, 0) is 14.3 Å². The van der Waals surface area contributed by atoms with E-state index in [-0.39, 0.29) is 5.97 Å². The van der Waals surface area contributed by atoms with Gasteiger partial charge in [0.05, 0.1) is 28.8 Å². The summed E-state index contributed by atoms with van der Waals surface area (Å²) in [5.74, 6) is 2.47. The summed E-state index contributed by atoms with van der Waals surface area (Å²) in [5.41, 5.74) is 7.72. The molecular weight excluding hydrogens is 383 g/mol. The third kappa shape index (κ3) is 8.34. The first-order chi connectivity index (χ1) is 11.9. The molecule has 0 saturated heterocycles. The molecule has 138 valence electrons. The van der Waals surface area contributed by atoms with Crippen LogP contribution in [0.5, 0.6) is 0 Å². The number of hydrogen-bond donors (Lipinski definition) is 1. The van der Waals surface area contributed by atoms with Gasteiger partial charge in [-0.25, -0.2) is 4.79 Å². The van der Waals surface area contributed by atoms with Gasteiger partial charge in [0.1, 0.15) is 0 Å². The molecule has 5 nitrogen and oxygen atoms in total.